The predicted octanol–water partition coefficient (Wildman–Crippen LogP) is 2.50. The van der Waals surface area contributed by atoms with Crippen molar-refractivity contribution in [3.63, 3.8) is 0 Å². The third-order valence-corrected chi connectivity index (χ3v) is 3.07. The van der Waals surface area contributed by atoms with Gasteiger partial charge in [-0.1, -0.05) is 27.7 Å². The second-order valence-corrected chi connectivity index (χ2v) is 5.15. The second kappa shape index (κ2) is 5.84. The van der Waals surface area contributed by atoms with E-state index in [2.05, 4.69) is 38.0 Å². The van der Waals surface area contributed by atoms with Crippen molar-refractivity contribution in [3.05, 3.63) is 22.7 Å². The van der Waals surface area contributed by atoms with E-state index in [4.69, 9.17) is 0 Å². The van der Waals surface area contributed by atoms with E-state index in [1.165, 1.54) is 0 Å². The van der Waals surface area contributed by atoms with E-state index >= 15 is 0 Å². The highest BCUT2D eigenvalue weighted by molar-refractivity contribution is 5.31. The van der Waals surface area contributed by atoms with Crippen LogP contribution < -0.4 is 10.9 Å². The van der Waals surface area contributed by atoms with Crippen molar-refractivity contribution in [2.24, 2.45) is 5.41 Å². The monoisotopic (exact) mass is 237 g/mol. The second-order valence-electron chi connectivity index (χ2n) is 5.15. The van der Waals surface area contributed by atoms with Crippen LogP contribution in [0.15, 0.2) is 17.2 Å². The van der Waals surface area contributed by atoms with Crippen LogP contribution in [0.2, 0.25) is 0 Å². The molecule has 0 saturated heterocycles. The van der Waals surface area contributed by atoms with Crippen LogP contribution in [0.3, 0.4) is 0 Å². The molecule has 4 heteroatoms. The highest BCUT2D eigenvalue weighted by Crippen LogP contribution is 2.19. The van der Waals surface area contributed by atoms with Gasteiger partial charge in [-0.2, -0.15) is 0 Å². The Morgan fingerprint density at radius 1 is 1.41 bits per heavy atom. The maximum atomic E-state index is 12.0. The summed E-state index contributed by atoms with van der Waals surface area (Å²) in [5.41, 5.74) is 0.153. The summed E-state index contributed by atoms with van der Waals surface area (Å²) in [5.74, 6) is 0.461. The molecule has 0 saturated carbocycles. The van der Waals surface area contributed by atoms with Crippen molar-refractivity contribution in [1.82, 2.24) is 9.55 Å². The molecule has 0 bridgehead atoms. The molecular formula is C13H23N3O. The molecule has 0 fully saturated rings. The Balaban J connectivity index is 2.79. The lowest BCUT2D eigenvalue weighted by atomic mass is 9.90. The summed E-state index contributed by atoms with van der Waals surface area (Å²) in [6, 6.07) is 0. The van der Waals surface area contributed by atoms with E-state index in [1.807, 2.05) is 0 Å². The van der Waals surface area contributed by atoms with Crippen LogP contribution >= 0.6 is 0 Å². The number of hydrogen-bond donors (Lipinski definition) is 1. The molecule has 1 heterocycles. The van der Waals surface area contributed by atoms with Gasteiger partial charge in [0.05, 0.1) is 0 Å². The van der Waals surface area contributed by atoms with Crippen LogP contribution in [0.5, 0.6) is 0 Å². The molecule has 1 aromatic heterocycles. The molecule has 1 N–H and O–H groups in total. The molecular weight excluding hydrogens is 214 g/mol. The third kappa shape index (κ3) is 3.88. The molecule has 4 nitrogen and oxygen atoms in total. The minimum absolute atomic E-state index is 0.0266. The SMILES string of the molecule is CCCn1ccnc(NCC(C)(C)CC)c1=O. The third-order valence-electron chi connectivity index (χ3n) is 3.07. The molecule has 0 aliphatic carbocycles. The van der Waals surface area contributed by atoms with Crippen molar-refractivity contribution < 1.29 is 0 Å². The van der Waals surface area contributed by atoms with Crippen molar-refractivity contribution >= 4 is 5.82 Å². The number of nitrogens with zero attached hydrogens (tertiary/aromatic N) is 2. The van der Waals surface area contributed by atoms with Crippen LogP contribution in [0.1, 0.15) is 40.5 Å². The summed E-state index contributed by atoms with van der Waals surface area (Å²) >= 11 is 0. The summed E-state index contributed by atoms with van der Waals surface area (Å²) in [4.78, 5) is 16.1. The molecule has 0 atom stereocenters. The smallest absolute Gasteiger partial charge is 0.293 e. The van der Waals surface area contributed by atoms with Gasteiger partial charge in [-0.25, -0.2) is 4.98 Å². The molecule has 0 aromatic carbocycles. The zero-order valence-corrected chi connectivity index (χ0v) is 11.3. The zero-order chi connectivity index (χ0) is 12.9. The van der Waals surface area contributed by atoms with Crippen LogP contribution in [0, 0.1) is 5.41 Å². The molecule has 96 valence electrons. The van der Waals surface area contributed by atoms with E-state index in [1.54, 1.807) is 17.0 Å². The summed E-state index contributed by atoms with van der Waals surface area (Å²) in [5, 5.41) is 3.16. The maximum absolute atomic E-state index is 12.0. The first-order valence-corrected chi connectivity index (χ1v) is 6.29. The molecule has 0 aliphatic heterocycles. The highest BCUT2D eigenvalue weighted by atomic mass is 16.1. The molecule has 1 rings (SSSR count). The first-order chi connectivity index (χ1) is 8.00. The molecule has 0 unspecified atom stereocenters. The van der Waals surface area contributed by atoms with Crippen LogP contribution in [-0.2, 0) is 6.54 Å². The van der Waals surface area contributed by atoms with E-state index in [-0.39, 0.29) is 11.0 Å². The maximum Gasteiger partial charge on any atom is 0.293 e. The number of aryl methyl sites for hydroxylation is 1. The summed E-state index contributed by atoms with van der Waals surface area (Å²) in [6.45, 7) is 10.1. The first-order valence-electron chi connectivity index (χ1n) is 6.29. The van der Waals surface area contributed by atoms with Crippen molar-refractivity contribution in [3.8, 4) is 0 Å². The fourth-order valence-electron chi connectivity index (χ4n) is 1.43. The molecule has 0 radical (unpaired) electrons. The van der Waals surface area contributed by atoms with Gasteiger partial charge < -0.3 is 9.88 Å². The number of hydrogen-bond acceptors (Lipinski definition) is 3. The fourth-order valence-corrected chi connectivity index (χ4v) is 1.43. The Morgan fingerprint density at radius 2 is 2.12 bits per heavy atom. The lowest BCUT2D eigenvalue weighted by molar-refractivity contribution is 0.376. The number of aromatic nitrogens is 2. The Morgan fingerprint density at radius 3 is 2.71 bits per heavy atom. The van der Waals surface area contributed by atoms with Gasteiger partial charge in [0, 0.05) is 25.5 Å². The molecule has 0 amide bonds. The largest absolute Gasteiger partial charge is 0.365 e. The van der Waals surface area contributed by atoms with Gasteiger partial charge >= 0.3 is 0 Å². The van der Waals surface area contributed by atoms with Crippen molar-refractivity contribution in [2.45, 2.75) is 47.1 Å². The lowest BCUT2D eigenvalue weighted by Crippen LogP contribution is -2.29. The van der Waals surface area contributed by atoms with Crippen molar-refractivity contribution in [2.75, 3.05) is 11.9 Å². The predicted molar refractivity (Wildman–Crippen MR) is 71.3 cm³/mol. The van der Waals surface area contributed by atoms with Gasteiger partial charge in [0.25, 0.3) is 5.56 Å². The van der Waals surface area contributed by atoms with Gasteiger partial charge in [-0.05, 0) is 18.3 Å². The van der Waals surface area contributed by atoms with Gasteiger partial charge in [-0.3, -0.25) is 4.79 Å². The van der Waals surface area contributed by atoms with Crippen molar-refractivity contribution in [1.29, 1.82) is 0 Å². The Kier molecular flexibility index (Phi) is 4.73. The summed E-state index contributed by atoms with van der Waals surface area (Å²) in [6.07, 6.45) is 5.43. The topological polar surface area (TPSA) is 46.9 Å². The van der Waals surface area contributed by atoms with Gasteiger partial charge in [0.1, 0.15) is 0 Å². The van der Waals surface area contributed by atoms with E-state index in [9.17, 15) is 4.79 Å². The molecule has 17 heavy (non-hydrogen) atoms. The Bertz CT molecular complexity index is 409. The average Bonchev–Trinajstić information content (AvgIpc) is 2.31. The lowest BCUT2D eigenvalue weighted by Gasteiger charge is -2.23. The highest BCUT2D eigenvalue weighted by Gasteiger charge is 2.15. The normalized spacial score (nSPS) is 11.5. The molecule has 0 aliphatic rings. The van der Waals surface area contributed by atoms with Crippen LogP contribution in [0.4, 0.5) is 5.82 Å². The fraction of sp³-hybridized carbons (Fsp3) is 0.692. The Hall–Kier alpha value is -1.32. The summed E-state index contributed by atoms with van der Waals surface area (Å²) in [7, 11) is 0. The average molecular weight is 237 g/mol. The molecule has 0 spiro atoms. The van der Waals surface area contributed by atoms with Gasteiger partial charge in [0.15, 0.2) is 5.82 Å². The van der Waals surface area contributed by atoms with Crippen LogP contribution in [0.25, 0.3) is 0 Å². The van der Waals surface area contributed by atoms with E-state index in [0.29, 0.717) is 5.82 Å². The quantitative estimate of drug-likeness (QED) is 0.827. The molecule has 1 aromatic rings. The van der Waals surface area contributed by atoms with Crippen LogP contribution in [-0.4, -0.2) is 16.1 Å². The number of rotatable bonds is 6. The summed E-state index contributed by atoms with van der Waals surface area (Å²) < 4.78 is 1.70. The van der Waals surface area contributed by atoms with E-state index in [0.717, 1.165) is 25.9 Å². The standard InChI is InChI=1S/C13H23N3O/c1-5-8-16-9-7-14-11(12(16)17)15-10-13(3,4)6-2/h7,9H,5-6,8,10H2,1-4H3,(H,14,15). The van der Waals surface area contributed by atoms with Gasteiger partial charge in [-0.15, -0.1) is 0 Å². The minimum Gasteiger partial charge on any atom is -0.365 e. The minimum atomic E-state index is -0.0266. The van der Waals surface area contributed by atoms with E-state index < -0.39 is 0 Å². The zero-order valence-electron chi connectivity index (χ0n) is 11.3. The number of nitrogens with one attached hydrogen (secondary N) is 1. The first kappa shape index (κ1) is 13.7. The van der Waals surface area contributed by atoms with Gasteiger partial charge in [0.2, 0.25) is 0 Å². The number of anilines is 1. The Labute approximate surface area is 103 Å².